The summed E-state index contributed by atoms with van der Waals surface area (Å²) in [7, 11) is 0. The molecule has 0 bridgehead atoms. The minimum Gasteiger partial charge on any atom is -0.310 e. The Morgan fingerprint density at radius 3 is 2.31 bits per heavy atom. The van der Waals surface area contributed by atoms with Gasteiger partial charge < -0.3 is 5.32 Å². The number of nitrogens with one attached hydrogen (secondary N) is 1. The maximum absolute atomic E-state index is 3.68. The standard InChI is InChI=1S/C14H28N2/c1-12(2)15-13-9-10-16(11-13)14-7-5-3-4-6-8-14/h12-15H,3-11H2,1-2H3. The van der Waals surface area contributed by atoms with Gasteiger partial charge in [0, 0.05) is 31.2 Å². The fourth-order valence-electron chi connectivity index (χ4n) is 3.35. The normalized spacial score (nSPS) is 29.8. The molecule has 0 amide bonds. The van der Waals surface area contributed by atoms with Crippen LogP contribution in [0.2, 0.25) is 0 Å². The molecule has 1 N–H and O–H groups in total. The molecule has 0 spiro atoms. The highest BCUT2D eigenvalue weighted by Gasteiger charge is 2.28. The monoisotopic (exact) mass is 224 g/mol. The third-order valence-corrected chi connectivity index (χ3v) is 4.13. The van der Waals surface area contributed by atoms with Gasteiger partial charge in [-0.1, -0.05) is 39.5 Å². The van der Waals surface area contributed by atoms with E-state index in [1.165, 1.54) is 58.0 Å². The smallest absolute Gasteiger partial charge is 0.0209 e. The van der Waals surface area contributed by atoms with E-state index in [4.69, 9.17) is 0 Å². The van der Waals surface area contributed by atoms with Crippen LogP contribution in [0.4, 0.5) is 0 Å². The van der Waals surface area contributed by atoms with Gasteiger partial charge in [-0.3, -0.25) is 4.90 Å². The largest absolute Gasteiger partial charge is 0.310 e. The first-order valence-corrected chi connectivity index (χ1v) is 7.26. The van der Waals surface area contributed by atoms with Crippen molar-refractivity contribution >= 4 is 0 Å². The molecule has 1 unspecified atom stereocenters. The number of hydrogen-bond donors (Lipinski definition) is 1. The van der Waals surface area contributed by atoms with Gasteiger partial charge >= 0.3 is 0 Å². The zero-order valence-corrected chi connectivity index (χ0v) is 11.0. The van der Waals surface area contributed by atoms with Gasteiger partial charge in [-0.2, -0.15) is 0 Å². The van der Waals surface area contributed by atoms with Crippen molar-refractivity contribution in [2.24, 2.45) is 0 Å². The first-order valence-electron chi connectivity index (χ1n) is 7.26. The molecule has 2 aliphatic rings. The predicted molar refractivity (Wildman–Crippen MR) is 69.7 cm³/mol. The van der Waals surface area contributed by atoms with Crippen LogP contribution in [0.15, 0.2) is 0 Å². The summed E-state index contributed by atoms with van der Waals surface area (Å²) in [5.74, 6) is 0. The van der Waals surface area contributed by atoms with E-state index in [9.17, 15) is 0 Å². The van der Waals surface area contributed by atoms with Crippen molar-refractivity contribution in [2.45, 2.75) is 76.9 Å². The van der Waals surface area contributed by atoms with Crippen molar-refractivity contribution in [1.29, 1.82) is 0 Å². The van der Waals surface area contributed by atoms with Crippen molar-refractivity contribution in [3.8, 4) is 0 Å². The summed E-state index contributed by atoms with van der Waals surface area (Å²) in [6.07, 6.45) is 10.1. The lowest BCUT2D eigenvalue weighted by atomic mass is 10.1. The fourth-order valence-corrected chi connectivity index (χ4v) is 3.35. The average molecular weight is 224 g/mol. The van der Waals surface area contributed by atoms with Gasteiger partial charge in [-0.05, 0) is 19.3 Å². The first kappa shape index (κ1) is 12.4. The Bertz CT molecular complexity index is 195. The van der Waals surface area contributed by atoms with Crippen LogP contribution in [0, 0.1) is 0 Å². The molecule has 16 heavy (non-hydrogen) atoms. The number of likely N-dealkylation sites (tertiary alicyclic amines) is 1. The summed E-state index contributed by atoms with van der Waals surface area (Å²) >= 11 is 0. The van der Waals surface area contributed by atoms with E-state index in [1.54, 1.807) is 0 Å². The number of nitrogens with zero attached hydrogens (tertiary/aromatic N) is 1. The quantitative estimate of drug-likeness (QED) is 0.742. The molecule has 1 saturated heterocycles. The fraction of sp³-hybridized carbons (Fsp3) is 1.00. The predicted octanol–water partition coefficient (Wildman–Crippen LogP) is 2.78. The summed E-state index contributed by atoms with van der Waals surface area (Å²) in [4.78, 5) is 2.76. The van der Waals surface area contributed by atoms with Crippen molar-refractivity contribution in [3.05, 3.63) is 0 Å². The van der Waals surface area contributed by atoms with E-state index >= 15 is 0 Å². The van der Waals surface area contributed by atoms with E-state index < -0.39 is 0 Å². The van der Waals surface area contributed by atoms with Gasteiger partial charge in [0.25, 0.3) is 0 Å². The van der Waals surface area contributed by atoms with Crippen LogP contribution in [0.3, 0.4) is 0 Å². The highest BCUT2D eigenvalue weighted by Crippen LogP contribution is 2.25. The van der Waals surface area contributed by atoms with Gasteiger partial charge in [0.1, 0.15) is 0 Å². The molecule has 1 atom stereocenters. The summed E-state index contributed by atoms with van der Waals surface area (Å²) in [6.45, 7) is 7.14. The van der Waals surface area contributed by atoms with Gasteiger partial charge in [0.2, 0.25) is 0 Å². The summed E-state index contributed by atoms with van der Waals surface area (Å²) in [5.41, 5.74) is 0. The second kappa shape index (κ2) is 6.02. The molecule has 1 aliphatic carbocycles. The van der Waals surface area contributed by atoms with Crippen molar-refractivity contribution < 1.29 is 0 Å². The maximum atomic E-state index is 3.68. The van der Waals surface area contributed by atoms with Gasteiger partial charge in [0.05, 0.1) is 0 Å². The Kier molecular flexibility index (Phi) is 4.66. The maximum Gasteiger partial charge on any atom is 0.0209 e. The molecule has 1 heterocycles. The van der Waals surface area contributed by atoms with Crippen LogP contribution < -0.4 is 5.32 Å². The molecule has 1 saturated carbocycles. The Labute approximate surface area is 101 Å². The van der Waals surface area contributed by atoms with Gasteiger partial charge in [-0.25, -0.2) is 0 Å². The molecule has 1 aliphatic heterocycles. The van der Waals surface area contributed by atoms with Crippen molar-refractivity contribution in [2.75, 3.05) is 13.1 Å². The Balaban J connectivity index is 1.78. The van der Waals surface area contributed by atoms with Crippen molar-refractivity contribution in [3.63, 3.8) is 0 Å². The zero-order chi connectivity index (χ0) is 11.4. The zero-order valence-electron chi connectivity index (χ0n) is 11.0. The summed E-state index contributed by atoms with van der Waals surface area (Å²) in [6, 6.07) is 2.30. The molecule has 2 rings (SSSR count). The van der Waals surface area contributed by atoms with Crippen LogP contribution in [0.25, 0.3) is 0 Å². The molecule has 0 radical (unpaired) electrons. The molecular formula is C14H28N2. The van der Waals surface area contributed by atoms with Crippen LogP contribution >= 0.6 is 0 Å². The van der Waals surface area contributed by atoms with Crippen molar-refractivity contribution in [1.82, 2.24) is 10.2 Å². The van der Waals surface area contributed by atoms with Gasteiger partial charge in [0.15, 0.2) is 0 Å². The summed E-state index contributed by atoms with van der Waals surface area (Å²) < 4.78 is 0. The number of rotatable bonds is 3. The Hall–Kier alpha value is -0.0800. The van der Waals surface area contributed by atoms with Crippen LogP contribution in [0.5, 0.6) is 0 Å². The molecule has 94 valence electrons. The Morgan fingerprint density at radius 2 is 1.69 bits per heavy atom. The molecule has 0 aromatic rings. The lowest BCUT2D eigenvalue weighted by Gasteiger charge is -2.27. The van der Waals surface area contributed by atoms with Crippen LogP contribution in [-0.4, -0.2) is 36.1 Å². The molecule has 0 aromatic carbocycles. The van der Waals surface area contributed by atoms with E-state index in [-0.39, 0.29) is 0 Å². The minimum absolute atomic E-state index is 0.638. The van der Waals surface area contributed by atoms with E-state index in [1.807, 2.05) is 0 Å². The first-order chi connectivity index (χ1) is 7.75. The molecule has 2 fully saturated rings. The minimum atomic E-state index is 0.638. The van der Waals surface area contributed by atoms with Gasteiger partial charge in [-0.15, -0.1) is 0 Å². The SMILES string of the molecule is CC(C)NC1CCN(C2CCCCCC2)C1. The molecule has 0 aromatic heterocycles. The second-order valence-electron chi connectivity index (χ2n) is 5.95. The highest BCUT2D eigenvalue weighted by molar-refractivity contribution is 4.86. The second-order valence-corrected chi connectivity index (χ2v) is 5.95. The average Bonchev–Trinajstić information content (AvgIpc) is 2.53. The molecule has 2 nitrogen and oxygen atoms in total. The third-order valence-electron chi connectivity index (χ3n) is 4.13. The van der Waals surface area contributed by atoms with Crippen LogP contribution in [0.1, 0.15) is 58.8 Å². The summed E-state index contributed by atoms with van der Waals surface area (Å²) in [5, 5.41) is 3.68. The third kappa shape index (κ3) is 3.46. The van der Waals surface area contributed by atoms with E-state index in [0.29, 0.717) is 6.04 Å². The number of hydrogen-bond acceptors (Lipinski definition) is 2. The van der Waals surface area contributed by atoms with E-state index in [0.717, 1.165) is 12.1 Å². The lowest BCUT2D eigenvalue weighted by molar-refractivity contribution is 0.215. The molecule has 2 heteroatoms. The van der Waals surface area contributed by atoms with E-state index in [2.05, 4.69) is 24.1 Å². The Morgan fingerprint density at radius 1 is 1.00 bits per heavy atom. The lowest BCUT2D eigenvalue weighted by Crippen LogP contribution is -2.39. The highest BCUT2D eigenvalue weighted by atomic mass is 15.2. The van der Waals surface area contributed by atoms with Crippen LogP contribution in [-0.2, 0) is 0 Å². The molecular weight excluding hydrogens is 196 g/mol. The topological polar surface area (TPSA) is 15.3 Å².